The van der Waals surface area contributed by atoms with E-state index < -0.39 is 5.97 Å². The van der Waals surface area contributed by atoms with Gasteiger partial charge < -0.3 is 15.2 Å². The highest BCUT2D eigenvalue weighted by Crippen LogP contribution is 2.27. The molecule has 2 rings (SSSR count). The fourth-order valence-corrected chi connectivity index (χ4v) is 2.11. The van der Waals surface area contributed by atoms with Crippen LogP contribution in [0.25, 0.3) is 6.08 Å². The lowest BCUT2D eigenvalue weighted by Crippen LogP contribution is -2.14. The normalized spacial score (nSPS) is 10.5. The monoisotopic (exact) mass is 311 g/mol. The maximum atomic E-state index is 12.4. The molecule has 5 heteroatoms. The van der Waals surface area contributed by atoms with E-state index in [0.717, 1.165) is 11.6 Å². The van der Waals surface area contributed by atoms with Crippen molar-refractivity contribution in [1.82, 2.24) is 0 Å². The zero-order chi connectivity index (χ0) is 16.8. The van der Waals surface area contributed by atoms with Gasteiger partial charge in [-0.25, -0.2) is 4.79 Å². The molecule has 0 atom stereocenters. The van der Waals surface area contributed by atoms with E-state index in [2.05, 4.69) is 5.32 Å². The summed E-state index contributed by atoms with van der Waals surface area (Å²) in [4.78, 5) is 23.0. The SMILES string of the molecule is COc1ccc(/C=C/C(=O)O)cc1NC(=O)c1ccccc1C. The standard InChI is InChI=1S/C18H17NO4/c1-12-5-3-4-6-14(12)18(22)19-15-11-13(8-10-17(20)21)7-9-16(15)23-2/h3-11H,1-2H3,(H,19,22)(H,20,21)/b10-8+. The van der Waals surface area contributed by atoms with Crippen LogP contribution in [0.3, 0.4) is 0 Å². The Bertz CT molecular complexity index is 765. The largest absolute Gasteiger partial charge is 0.495 e. The molecule has 0 bridgehead atoms. The molecule has 0 heterocycles. The second-order valence-electron chi connectivity index (χ2n) is 4.90. The predicted molar refractivity (Wildman–Crippen MR) is 88.8 cm³/mol. The number of carboxylic acids is 1. The van der Waals surface area contributed by atoms with Gasteiger partial charge in [-0.2, -0.15) is 0 Å². The number of hydrogen-bond acceptors (Lipinski definition) is 3. The molecule has 1 amide bonds. The first-order valence-corrected chi connectivity index (χ1v) is 6.97. The third kappa shape index (κ3) is 4.20. The van der Waals surface area contributed by atoms with Crippen molar-refractivity contribution >= 4 is 23.6 Å². The molecule has 0 saturated carbocycles. The number of carboxylic acid groups (broad SMARTS) is 1. The lowest BCUT2D eigenvalue weighted by Gasteiger charge is -2.12. The smallest absolute Gasteiger partial charge is 0.328 e. The van der Waals surface area contributed by atoms with Gasteiger partial charge in [0.1, 0.15) is 5.75 Å². The lowest BCUT2D eigenvalue weighted by atomic mass is 10.1. The van der Waals surface area contributed by atoms with Crippen LogP contribution in [0, 0.1) is 6.92 Å². The second-order valence-corrected chi connectivity index (χ2v) is 4.90. The van der Waals surface area contributed by atoms with Crippen LogP contribution in [-0.4, -0.2) is 24.1 Å². The molecule has 0 spiro atoms. The number of carbonyl (C=O) groups is 2. The Morgan fingerprint density at radius 3 is 2.57 bits per heavy atom. The van der Waals surface area contributed by atoms with Crippen LogP contribution >= 0.6 is 0 Å². The lowest BCUT2D eigenvalue weighted by molar-refractivity contribution is -0.131. The fourth-order valence-electron chi connectivity index (χ4n) is 2.11. The number of carbonyl (C=O) groups excluding carboxylic acids is 1. The molecule has 0 aliphatic heterocycles. The molecule has 0 unspecified atom stereocenters. The molecule has 0 saturated heterocycles. The molecule has 118 valence electrons. The van der Waals surface area contributed by atoms with Crippen LogP contribution in [-0.2, 0) is 4.79 Å². The van der Waals surface area contributed by atoms with Crippen molar-refractivity contribution in [2.75, 3.05) is 12.4 Å². The van der Waals surface area contributed by atoms with E-state index in [1.165, 1.54) is 13.2 Å². The van der Waals surface area contributed by atoms with Crippen LogP contribution in [0.2, 0.25) is 0 Å². The molecule has 0 fully saturated rings. The highest BCUT2D eigenvalue weighted by Gasteiger charge is 2.12. The van der Waals surface area contributed by atoms with E-state index in [-0.39, 0.29) is 5.91 Å². The number of anilines is 1. The van der Waals surface area contributed by atoms with E-state index in [1.54, 1.807) is 30.3 Å². The van der Waals surface area contributed by atoms with Crippen LogP contribution in [0.4, 0.5) is 5.69 Å². The van der Waals surface area contributed by atoms with Crippen LogP contribution in [0.15, 0.2) is 48.5 Å². The first-order chi connectivity index (χ1) is 11.0. The molecule has 0 radical (unpaired) electrons. The van der Waals surface area contributed by atoms with Crippen molar-refractivity contribution in [3.05, 3.63) is 65.2 Å². The number of methoxy groups -OCH3 is 1. The van der Waals surface area contributed by atoms with Crippen LogP contribution in [0.1, 0.15) is 21.5 Å². The van der Waals surface area contributed by atoms with Crippen LogP contribution in [0.5, 0.6) is 5.75 Å². The second kappa shape index (κ2) is 7.26. The Morgan fingerprint density at radius 1 is 1.17 bits per heavy atom. The quantitative estimate of drug-likeness (QED) is 0.830. The molecule has 5 nitrogen and oxygen atoms in total. The van der Waals surface area contributed by atoms with E-state index in [0.29, 0.717) is 22.6 Å². The van der Waals surface area contributed by atoms with Gasteiger partial charge in [-0.15, -0.1) is 0 Å². The summed E-state index contributed by atoms with van der Waals surface area (Å²) in [6.07, 6.45) is 2.49. The number of aryl methyl sites for hydroxylation is 1. The molecule has 0 aliphatic carbocycles. The number of amides is 1. The first kappa shape index (κ1) is 16.3. The predicted octanol–water partition coefficient (Wildman–Crippen LogP) is 3.35. The third-order valence-electron chi connectivity index (χ3n) is 3.28. The average Bonchev–Trinajstić information content (AvgIpc) is 2.53. The van der Waals surface area contributed by atoms with Gasteiger partial charge in [-0.1, -0.05) is 24.3 Å². The Balaban J connectivity index is 2.30. The highest BCUT2D eigenvalue weighted by atomic mass is 16.5. The van der Waals surface area contributed by atoms with Gasteiger partial charge in [0.05, 0.1) is 12.8 Å². The summed E-state index contributed by atoms with van der Waals surface area (Å²) in [7, 11) is 1.51. The number of benzene rings is 2. The summed E-state index contributed by atoms with van der Waals surface area (Å²) in [6.45, 7) is 1.86. The Kier molecular flexibility index (Phi) is 5.15. The minimum Gasteiger partial charge on any atom is -0.495 e. The summed E-state index contributed by atoms with van der Waals surface area (Å²) in [6, 6.07) is 12.3. The van der Waals surface area contributed by atoms with E-state index in [1.807, 2.05) is 19.1 Å². The Morgan fingerprint density at radius 2 is 1.91 bits per heavy atom. The van der Waals surface area contributed by atoms with Gasteiger partial charge in [0.2, 0.25) is 0 Å². The van der Waals surface area contributed by atoms with Crippen molar-refractivity contribution in [2.45, 2.75) is 6.92 Å². The van der Waals surface area contributed by atoms with Gasteiger partial charge in [-0.3, -0.25) is 4.79 Å². The van der Waals surface area contributed by atoms with Crippen molar-refractivity contribution < 1.29 is 19.4 Å². The van der Waals surface area contributed by atoms with E-state index >= 15 is 0 Å². The Labute approximate surface area is 134 Å². The average molecular weight is 311 g/mol. The fraction of sp³-hybridized carbons (Fsp3) is 0.111. The van der Waals surface area contributed by atoms with Crippen molar-refractivity contribution in [3.8, 4) is 5.75 Å². The van der Waals surface area contributed by atoms with Crippen molar-refractivity contribution in [3.63, 3.8) is 0 Å². The molecular formula is C18H17NO4. The topological polar surface area (TPSA) is 75.6 Å². The summed E-state index contributed by atoms with van der Waals surface area (Å²) < 4.78 is 5.24. The summed E-state index contributed by atoms with van der Waals surface area (Å²) >= 11 is 0. The zero-order valence-electron chi connectivity index (χ0n) is 12.9. The molecule has 23 heavy (non-hydrogen) atoms. The van der Waals surface area contributed by atoms with E-state index in [4.69, 9.17) is 9.84 Å². The molecule has 2 aromatic rings. The zero-order valence-corrected chi connectivity index (χ0v) is 12.9. The number of aliphatic carboxylic acids is 1. The molecular weight excluding hydrogens is 294 g/mol. The van der Waals surface area contributed by atoms with E-state index in [9.17, 15) is 9.59 Å². The maximum absolute atomic E-state index is 12.4. The molecule has 2 N–H and O–H groups in total. The molecule has 2 aromatic carbocycles. The number of ether oxygens (including phenoxy) is 1. The molecule has 0 aromatic heterocycles. The van der Waals surface area contributed by atoms with Gasteiger partial charge in [0.15, 0.2) is 0 Å². The van der Waals surface area contributed by atoms with Gasteiger partial charge >= 0.3 is 5.97 Å². The van der Waals surface area contributed by atoms with Crippen molar-refractivity contribution in [2.24, 2.45) is 0 Å². The molecule has 0 aliphatic rings. The minimum atomic E-state index is -1.04. The minimum absolute atomic E-state index is 0.249. The number of hydrogen-bond donors (Lipinski definition) is 2. The van der Waals surface area contributed by atoms with Gasteiger partial charge in [-0.05, 0) is 42.3 Å². The third-order valence-corrected chi connectivity index (χ3v) is 3.28. The van der Waals surface area contributed by atoms with Gasteiger partial charge in [0.25, 0.3) is 5.91 Å². The number of rotatable bonds is 5. The summed E-state index contributed by atoms with van der Waals surface area (Å²) in [5, 5.41) is 11.5. The first-order valence-electron chi connectivity index (χ1n) is 6.97. The maximum Gasteiger partial charge on any atom is 0.328 e. The highest BCUT2D eigenvalue weighted by molar-refractivity contribution is 6.06. The van der Waals surface area contributed by atoms with Crippen molar-refractivity contribution in [1.29, 1.82) is 0 Å². The number of nitrogens with one attached hydrogen (secondary N) is 1. The van der Waals surface area contributed by atoms with Gasteiger partial charge in [0, 0.05) is 11.6 Å². The summed E-state index contributed by atoms with van der Waals surface area (Å²) in [5.41, 5.74) is 2.56. The Hall–Kier alpha value is -3.08. The summed E-state index contributed by atoms with van der Waals surface area (Å²) in [5.74, 6) is -0.786. The van der Waals surface area contributed by atoms with Crippen LogP contribution < -0.4 is 10.1 Å².